The van der Waals surface area contributed by atoms with Crippen LogP contribution in [0.5, 0.6) is 0 Å². The number of carbonyl (C=O) groups is 1. The van der Waals surface area contributed by atoms with E-state index in [4.69, 9.17) is 15.3 Å². The molecule has 0 atom stereocenters. The summed E-state index contributed by atoms with van der Waals surface area (Å²) < 4.78 is 5.50. The molecule has 1 fully saturated rings. The van der Waals surface area contributed by atoms with Gasteiger partial charge in [-0.15, -0.1) is 0 Å². The summed E-state index contributed by atoms with van der Waals surface area (Å²) in [6, 6.07) is 19.5. The van der Waals surface area contributed by atoms with Crippen molar-refractivity contribution in [3.05, 3.63) is 70.8 Å². The fourth-order valence-electron chi connectivity index (χ4n) is 3.58. The standard InChI is InChI=1S/C24H26N4O2/c1-24(2,3)30-23(29)28-14-12-27(13-15-28)22(20-8-4-18(16-25)5-9-20)21-10-6-19(17-26)7-11-21/h4-11,22H,12-15H2,1-3H3. The average molecular weight is 402 g/mol. The Morgan fingerprint density at radius 2 is 1.30 bits per heavy atom. The second-order valence-corrected chi connectivity index (χ2v) is 8.37. The van der Waals surface area contributed by atoms with Crippen molar-refractivity contribution in [2.45, 2.75) is 32.4 Å². The maximum absolute atomic E-state index is 12.4. The molecule has 2 aromatic rings. The highest BCUT2D eigenvalue weighted by Gasteiger charge is 2.30. The second-order valence-electron chi connectivity index (χ2n) is 8.37. The quantitative estimate of drug-likeness (QED) is 0.773. The molecule has 0 radical (unpaired) electrons. The Morgan fingerprint density at radius 3 is 1.67 bits per heavy atom. The zero-order chi connectivity index (χ0) is 21.7. The van der Waals surface area contributed by atoms with Gasteiger partial charge in [0, 0.05) is 26.2 Å². The van der Waals surface area contributed by atoms with Crippen LogP contribution in [-0.4, -0.2) is 47.7 Å². The summed E-state index contributed by atoms with van der Waals surface area (Å²) in [5, 5.41) is 18.2. The molecule has 6 nitrogen and oxygen atoms in total. The molecule has 0 bridgehead atoms. The minimum absolute atomic E-state index is 0.0220. The van der Waals surface area contributed by atoms with Crippen molar-refractivity contribution in [1.82, 2.24) is 9.80 Å². The van der Waals surface area contributed by atoms with Crippen LogP contribution < -0.4 is 0 Å². The van der Waals surface area contributed by atoms with E-state index in [-0.39, 0.29) is 12.1 Å². The lowest BCUT2D eigenvalue weighted by Crippen LogP contribution is -2.51. The number of benzene rings is 2. The Hall–Kier alpha value is -3.35. The number of nitriles is 2. The number of nitrogens with zero attached hydrogens (tertiary/aromatic N) is 4. The van der Waals surface area contributed by atoms with E-state index in [1.54, 1.807) is 4.90 Å². The predicted octanol–water partition coefficient (Wildman–Crippen LogP) is 4.07. The summed E-state index contributed by atoms with van der Waals surface area (Å²) in [7, 11) is 0. The van der Waals surface area contributed by atoms with Crippen molar-refractivity contribution >= 4 is 6.09 Å². The number of piperazine rings is 1. The smallest absolute Gasteiger partial charge is 0.410 e. The number of amides is 1. The van der Waals surface area contributed by atoms with Gasteiger partial charge in [-0.1, -0.05) is 24.3 Å². The van der Waals surface area contributed by atoms with E-state index in [9.17, 15) is 4.79 Å². The summed E-state index contributed by atoms with van der Waals surface area (Å²) >= 11 is 0. The molecule has 1 heterocycles. The third kappa shape index (κ3) is 5.17. The van der Waals surface area contributed by atoms with Gasteiger partial charge in [-0.3, -0.25) is 4.90 Å². The van der Waals surface area contributed by atoms with E-state index >= 15 is 0 Å². The first kappa shape index (κ1) is 21.4. The second kappa shape index (κ2) is 8.98. The van der Waals surface area contributed by atoms with E-state index in [0.29, 0.717) is 37.3 Å². The Bertz CT molecular complexity index is 897. The van der Waals surface area contributed by atoms with Crippen LogP contribution in [0.2, 0.25) is 0 Å². The van der Waals surface area contributed by atoms with Gasteiger partial charge in [-0.2, -0.15) is 10.5 Å². The van der Waals surface area contributed by atoms with Gasteiger partial charge in [-0.25, -0.2) is 4.79 Å². The van der Waals surface area contributed by atoms with Crippen molar-refractivity contribution in [2.75, 3.05) is 26.2 Å². The van der Waals surface area contributed by atoms with Gasteiger partial charge in [0.15, 0.2) is 0 Å². The Balaban J connectivity index is 1.81. The lowest BCUT2D eigenvalue weighted by atomic mass is 9.95. The van der Waals surface area contributed by atoms with Gasteiger partial charge in [0.05, 0.1) is 29.3 Å². The van der Waals surface area contributed by atoms with E-state index < -0.39 is 5.60 Å². The molecule has 0 N–H and O–H groups in total. The highest BCUT2D eigenvalue weighted by molar-refractivity contribution is 5.68. The third-order valence-electron chi connectivity index (χ3n) is 5.04. The highest BCUT2D eigenvalue weighted by Crippen LogP contribution is 2.30. The lowest BCUT2D eigenvalue weighted by molar-refractivity contribution is 0.0119. The van der Waals surface area contributed by atoms with Crippen molar-refractivity contribution in [3.8, 4) is 12.1 Å². The van der Waals surface area contributed by atoms with Crippen LogP contribution in [0.1, 0.15) is 49.1 Å². The molecule has 1 aliphatic rings. The Morgan fingerprint density at radius 1 is 0.867 bits per heavy atom. The minimum atomic E-state index is -0.512. The molecule has 6 heteroatoms. The molecular weight excluding hydrogens is 376 g/mol. The summed E-state index contributed by atoms with van der Waals surface area (Å²) in [6.45, 7) is 8.16. The number of ether oxygens (including phenoxy) is 1. The summed E-state index contributed by atoms with van der Waals surface area (Å²) in [4.78, 5) is 16.5. The molecule has 30 heavy (non-hydrogen) atoms. The van der Waals surface area contributed by atoms with Crippen LogP contribution in [0.15, 0.2) is 48.5 Å². The number of carbonyl (C=O) groups excluding carboxylic acids is 1. The maximum atomic E-state index is 12.4. The van der Waals surface area contributed by atoms with E-state index in [1.807, 2.05) is 69.3 Å². The van der Waals surface area contributed by atoms with Gasteiger partial charge < -0.3 is 9.64 Å². The van der Waals surface area contributed by atoms with Crippen molar-refractivity contribution < 1.29 is 9.53 Å². The van der Waals surface area contributed by atoms with E-state index in [2.05, 4.69) is 17.0 Å². The fourth-order valence-corrected chi connectivity index (χ4v) is 3.58. The van der Waals surface area contributed by atoms with E-state index in [0.717, 1.165) is 11.1 Å². The van der Waals surface area contributed by atoms with Gasteiger partial charge in [0.1, 0.15) is 5.60 Å². The molecule has 0 saturated carbocycles. The molecule has 1 saturated heterocycles. The number of rotatable bonds is 3. The molecule has 0 aliphatic carbocycles. The van der Waals surface area contributed by atoms with Crippen LogP contribution in [0, 0.1) is 22.7 Å². The number of hydrogen-bond acceptors (Lipinski definition) is 5. The summed E-state index contributed by atoms with van der Waals surface area (Å²) in [5.41, 5.74) is 2.87. The average Bonchev–Trinajstić information content (AvgIpc) is 2.74. The lowest BCUT2D eigenvalue weighted by Gasteiger charge is -2.40. The number of hydrogen-bond donors (Lipinski definition) is 0. The fraction of sp³-hybridized carbons (Fsp3) is 0.375. The first-order valence-corrected chi connectivity index (χ1v) is 10.0. The molecule has 0 unspecified atom stereocenters. The van der Waals surface area contributed by atoms with Crippen LogP contribution in [0.25, 0.3) is 0 Å². The van der Waals surface area contributed by atoms with Crippen LogP contribution in [0.3, 0.4) is 0 Å². The topological polar surface area (TPSA) is 80.4 Å². The van der Waals surface area contributed by atoms with Gasteiger partial charge in [0.2, 0.25) is 0 Å². The molecule has 3 rings (SSSR count). The van der Waals surface area contributed by atoms with Crippen LogP contribution in [-0.2, 0) is 4.74 Å². The maximum Gasteiger partial charge on any atom is 0.410 e. The molecule has 1 amide bonds. The molecule has 0 spiro atoms. The SMILES string of the molecule is CC(C)(C)OC(=O)N1CCN(C(c2ccc(C#N)cc2)c2ccc(C#N)cc2)CC1. The summed E-state index contributed by atoms with van der Waals surface area (Å²) in [5.74, 6) is 0. The molecule has 1 aliphatic heterocycles. The first-order valence-electron chi connectivity index (χ1n) is 10.0. The zero-order valence-electron chi connectivity index (χ0n) is 17.6. The Kier molecular flexibility index (Phi) is 6.40. The largest absolute Gasteiger partial charge is 0.444 e. The monoisotopic (exact) mass is 402 g/mol. The molecule has 2 aromatic carbocycles. The van der Waals surface area contributed by atoms with Crippen molar-refractivity contribution in [3.63, 3.8) is 0 Å². The van der Waals surface area contributed by atoms with Crippen LogP contribution in [0.4, 0.5) is 4.79 Å². The van der Waals surface area contributed by atoms with Crippen molar-refractivity contribution in [1.29, 1.82) is 10.5 Å². The van der Waals surface area contributed by atoms with Gasteiger partial charge in [-0.05, 0) is 56.2 Å². The molecular formula is C24H26N4O2. The van der Waals surface area contributed by atoms with E-state index in [1.165, 1.54) is 0 Å². The van der Waals surface area contributed by atoms with Gasteiger partial charge in [0.25, 0.3) is 0 Å². The summed E-state index contributed by atoms with van der Waals surface area (Å²) in [6.07, 6.45) is -0.282. The first-order chi connectivity index (χ1) is 14.3. The predicted molar refractivity (Wildman–Crippen MR) is 114 cm³/mol. The Labute approximate surface area is 177 Å². The van der Waals surface area contributed by atoms with Gasteiger partial charge >= 0.3 is 6.09 Å². The third-order valence-corrected chi connectivity index (χ3v) is 5.04. The normalized spacial score (nSPS) is 14.8. The van der Waals surface area contributed by atoms with Crippen LogP contribution >= 0.6 is 0 Å². The zero-order valence-corrected chi connectivity index (χ0v) is 17.6. The minimum Gasteiger partial charge on any atom is -0.444 e. The molecule has 0 aromatic heterocycles. The molecule has 154 valence electrons. The highest BCUT2D eigenvalue weighted by atomic mass is 16.6. The van der Waals surface area contributed by atoms with Crippen molar-refractivity contribution in [2.24, 2.45) is 0 Å².